The maximum atomic E-state index is 10.2. The van der Waals surface area contributed by atoms with Crippen molar-refractivity contribution >= 4 is 0 Å². The summed E-state index contributed by atoms with van der Waals surface area (Å²) in [6, 6.07) is 30.1. The van der Waals surface area contributed by atoms with Crippen molar-refractivity contribution in [3.63, 3.8) is 0 Å². The molecule has 12 heteroatoms. The van der Waals surface area contributed by atoms with Crippen molar-refractivity contribution in [1.82, 2.24) is 44.9 Å². The number of hydrogen-bond acceptors (Lipinski definition) is 6. The molecule has 4 aromatic heterocycles. The minimum absolute atomic E-state index is 0.802. The zero-order chi connectivity index (χ0) is 29.4. The van der Waals surface area contributed by atoms with E-state index in [4.69, 9.17) is 0 Å². The van der Waals surface area contributed by atoms with Crippen LogP contribution < -0.4 is 17.1 Å². The summed E-state index contributed by atoms with van der Waals surface area (Å²) in [6.07, 6.45) is 10.7. The molecule has 12 nitrogen and oxygen atoms in total. The zero-order valence-electron chi connectivity index (χ0n) is 22.2. The predicted octanol–water partition coefficient (Wildman–Crippen LogP) is 3.98. The Morgan fingerprint density at radius 1 is 0.381 bits per heavy atom. The Balaban J connectivity index is 0.000000129. The first-order chi connectivity index (χ1) is 20.6. The number of imidazole rings is 3. The molecule has 6 N–H and O–H groups in total. The quantitative estimate of drug-likeness (QED) is 0.189. The van der Waals surface area contributed by atoms with Crippen LogP contribution in [-0.4, -0.2) is 44.9 Å². The number of hydrogen-bond donors (Lipinski definition) is 6. The van der Waals surface area contributed by atoms with Gasteiger partial charge in [-0.3, -0.25) is 15.0 Å². The molecule has 0 aliphatic heterocycles. The minimum atomic E-state index is -0.802. The molecule has 0 radical (unpaired) electrons. The first-order valence-corrected chi connectivity index (χ1v) is 12.7. The molecule has 0 fully saturated rings. The van der Waals surface area contributed by atoms with Crippen LogP contribution in [-0.2, 0) is 0 Å². The van der Waals surface area contributed by atoms with E-state index in [0.29, 0.717) is 0 Å². The molecular formula is C30H27N9O3. The average molecular weight is 562 g/mol. The van der Waals surface area contributed by atoms with Crippen LogP contribution in [0.25, 0.3) is 34.2 Å². The lowest BCUT2D eigenvalue weighted by Gasteiger charge is -1.92. The molecule has 0 aliphatic carbocycles. The SMILES string of the molecule is O=c1[nH]c(=O)[nH]c(=O)[nH]1.c1ccc(-c2ncc[nH]2)cc1.c1ccc(-c2ncc[nH]2)cc1.c1ccc(-c2ncc[nH]2)cc1. The van der Waals surface area contributed by atoms with Gasteiger partial charge >= 0.3 is 17.1 Å². The summed E-state index contributed by atoms with van der Waals surface area (Å²) in [5.74, 6) is 2.77. The standard InChI is InChI=1S/3C9H8N2.C3H3N3O3/c3*1-2-4-8(5-3-1)9-10-6-7-11-9;7-1-4-2(8)6-3(9)5-1/h3*1-7H,(H,10,11);(H3,4,5,6,7,8,9). The highest BCUT2D eigenvalue weighted by molar-refractivity contribution is 5.55. The average Bonchev–Trinajstić information content (AvgIpc) is 3.84. The van der Waals surface area contributed by atoms with E-state index in [1.165, 1.54) is 0 Å². The van der Waals surface area contributed by atoms with Crippen molar-refractivity contribution in [3.8, 4) is 34.2 Å². The van der Waals surface area contributed by atoms with Gasteiger partial charge in [0, 0.05) is 53.9 Å². The van der Waals surface area contributed by atoms with E-state index in [2.05, 4.69) is 29.9 Å². The van der Waals surface area contributed by atoms with Crippen molar-refractivity contribution in [2.24, 2.45) is 0 Å². The minimum Gasteiger partial charge on any atom is -0.345 e. The highest BCUT2D eigenvalue weighted by Crippen LogP contribution is 2.13. The predicted molar refractivity (Wildman–Crippen MR) is 160 cm³/mol. The fraction of sp³-hybridized carbons (Fsp3) is 0. The van der Waals surface area contributed by atoms with Crippen LogP contribution in [0.2, 0.25) is 0 Å². The molecule has 0 amide bonds. The molecule has 0 saturated heterocycles. The highest BCUT2D eigenvalue weighted by Gasteiger charge is 1.96. The first-order valence-electron chi connectivity index (χ1n) is 12.7. The number of aromatic amines is 6. The Morgan fingerprint density at radius 2 is 0.643 bits per heavy atom. The molecule has 210 valence electrons. The van der Waals surface area contributed by atoms with Gasteiger partial charge in [-0.15, -0.1) is 0 Å². The number of nitrogens with one attached hydrogen (secondary N) is 6. The molecule has 0 bridgehead atoms. The monoisotopic (exact) mass is 561 g/mol. The smallest absolute Gasteiger partial charge is 0.330 e. The van der Waals surface area contributed by atoms with Gasteiger partial charge in [0.05, 0.1) is 0 Å². The van der Waals surface area contributed by atoms with Gasteiger partial charge in [0.2, 0.25) is 0 Å². The number of nitrogens with zero attached hydrogens (tertiary/aromatic N) is 3. The zero-order valence-corrected chi connectivity index (χ0v) is 22.2. The van der Waals surface area contributed by atoms with Crippen molar-refractivity contribution in [1.29, 1.82) is 0 Å². The van der Waals surface area contributed by atoms with Gasteiger partial charge in [-0.05, 0) is 0 Å². The van der Waals surface area contributed by atoms with E-state index < -0.39 is 17.1 Å². The molecule has 7 aromatic rings. The molecular weight excluding hydrogens is 534 g/mol. The number of aromatic nitrogens is 9. The van der Waals surface area contributed by atoms with Crippen molar-refractivity contribution < 1.29 is 0 Å². The molecule has 0 spiro atoms. The Labute approximate surface area is 238 Å². The van der Waals surface area contributed by atoms with Gasteiger partial charge in [0.15, 0.2) is 0 Å². The number of rotatable bonds is 3. The second-order valence-corrected chi connectivity index (χ2v) is 8.27. The Morgan fingerprint density at radius 3 is 0.857 bits per heavy atom. The van der Waals surface area contributed by atoms with E-state index in [1.54, 1.807) is 33.5 Å². The van der Waals surface area contributed by atoms with Crippen molar-refractivity contribution in [2.75, 3.05) is 0 Å². The molecule has 7 rings (SSSR count). The van der Waals surface area contributed by atoms with Gasteiger partial charge in [0.1, 0.15) is 17.5 Å². The fourth-order valence-corrected chi connectivity index (χ4v) is 3.46. The van der Waals surface area contributed by atoms with E-state index in [0.717, 1.165) is 34.2 Å². The lowest BCUT2D eigenvalue weighted by molar-refractivity contribution is 0.888. The Bertz CT molecular complexity index is 1620. The largest absolute Gasteiger partial charge is 0.345 e. The van der Waals surface area contributed by atoms with Crippen LogP contribution >= 0.6 is 0 Å². The maximum Gasteiger partial charge on any atom is 0.330 e. The van der Waals surface area contributed by atoms with Crippen LogP contribution in [0.4, 0.5) is 0 Å². The Kier molecular flexibility index (Phi) is 10.5. The summed E-state index contributed by atoms with van der Waals surface area (Å²) in [5.41, 5.74) is 0.962. The maximum absolute atomic E-state index is 10.2. The topological polar surface area (TPSA) is 185 Å². The molecule has 0 saturated carbocycles. The van der Waals surface area contributed by atoms with E-state index >= 15 is 0 Å². The van der Waals surface area contributed by atoms with Crippen molar-refractivity contribution in [2.45, 2.75) is 0 Å². The second kappa shape index (κ2) is 15.3. The molecule has 3 aromatic carbocycles. The molecule has 42 heavy (non-hydrogen) atoms. The Hall–Kier alpha value is -6.30. The summed E-state index contributed by atoms with van der Waals surface area (Å²) in [7, 11) is 0. The van der Waals surface area contributed by atoms with Gasteiger partial charge in [0.25, 0.3) is 0 Å². The van der Waals surface area contributed by atoms with Gasteiger partial charge in [-0.2, -0.15) is 0 Å². The lowest BCUT2D eigenvalue weighted by atomic mass is 10.2. The summed E-state index contributed by atoms with van der Waals surface area (Å²) in [5, 5.41) is 0. The highest BCUT2D eigenvalue weighted by atomic mass is 16.2. The normalized spacial score (nSPS) is 9.71. The van der Waals surface area contributed by atoms with Gasteiger partial charge in [-0.1, -0.05) is 91.0 Å². The second-order valence-electron chi connectivity index (χ2n) is 8.27. The first kappa shape index (κ1) is 28.7. The summed E-state index contributed by atoms with van der Waals surface area (Å²) < 4.78 is 0. The summed E-state index contributed by atoms with van der Waals surface area (Å²) in [6.45, 7) is 0. The van der Waals surface area contributed by atoms with E-state index in [1.807, 2.05) is 110 Å². The third kappa shape index (κ3) is 9.17. The molecule has 0 atom stereocenters. The molecule has 0 unspecified atom stereocenters. The van der Waals surface area contributed by atoms with Gasteiger partial charge in [-0.25, -0.2) is 29.3 Å². The van der Waals surface area contributed by atoms with E-state index in [-0.39, 0.29) is 0 Å². The summed E-state index contributed by atoms with van der Waals surface area (Å²) >= 11 is 0. The van der Waals surface area contributed by atoms with Crippen molar-refractivity contribution in [3.05, 3.63) is 160 Å². The molecule has 0 aliphatic rings. The molecule has 4 heterocycles. The third-order valence-electron chi connectivity index (χ3n) is 5.32. The van der Waals surface area contributed by atoms with Crippen LogP contribution in [0.5, 0.6) is 0 Å². The van der Waals surface area contributed by atoms with Crippen LogP contribution in [0.1, 0.15) is 0 Å². The van der Waals surface area contributed by atoms with Crippen LogP contribution in [0.3, 0.4) is 0 Å². The van der Waals surface area contributed by atoms with Crippen LogP contribution in [0.15, 0.2) is 143 Å². The van der Waals surface area contributed by atoms with Crippen LogP contribution in [0, 0.1) is 0 Å². The summed E-state index contributed by atoms with van der Waals surface area (Å²) in [4.78, 5) is 57.4. The van der Waals surface area contributed by atoms with E-state index in [9.17, 15) is 14.4 Å². The number of benzene rings is 3. The van der Waals surface area contributed by atoms with Gasteiger partial charge < -0.3 is 15.0 Å². The lowest BCUT2D eigenvalue weighted by Crippen LogP contribution is -2.34. The third-order valence-corrected chi connectivity index (χ3v) is 5.32. The number of H-pyrrole nitrogens is 6. The fourth-order valence-electron chi connectivity index (χ4n) is 3.46.